The molecule has 0 radical (unpaired) electrons. The summed E-state index contributed by atoms with van der Waals surface area (Å²) in [4.78, 5) is 2.44. The van der Waals surface area contributed by atoms with E-state index >= 15 is 0 Å². The number of hydrogen-bond donors (Lipinski definition) is 2. The van der Waals surface area contributed by atoms with E-state index in [1.807, 2.05) is 14.0 Å². The lowest BCUT2D eigenvalue weighted by atomic mass is 9.94. The van der Waals surface area contributed by atoms with Crippen LogP contribution in [0.25, 0.3) is 0 Å². The van der Waals surface area contributed by atoms with Crippen LogP contribution in [-0.2, 0) is 0 Å². The standard InChI is InChI=1S/C10H22N2O/c1-10(13)4-8-12(9-5-10)7-3-6-11-2/h11,13H,3-9H2,1-2H3. The average Bonchev–Trinajstić information content (AvgIpc) is 2.08. The second-order valence-electron chi connectivity index (χ2n) is 4.30. The van der Waals surface area contributed by atoms with E-state index in [0.29, 0.717) is 0 Å². The average molecular weight is 186 g/mol. The van der Waals surface area contributed by atoms with Gasteiger partial charge in [-0.15, -0.1) is 0 Å². The van der Waals surface area contributed by atoms with Crippen LogP contribution in [0.15, 0.2) is 0 Å². The molecule has 1 aliphatic heterocycles. The predicted octanol–water partition coefficient (Wildman–Crippen LogP) is 0.443. The second-order valence-corrected chi connectivity index (χ2v) is 4.30. The first-order valence-electron chi connectivity index (χ1n) is 5.23. The summed E-state index contributed by atoms with van der Waals surface area (Å²) in [5.41, 5.74) is -0.403. The van der Waals surface area contributed by atoms with Gasteiger partial charge >= 0.3 is 0 Å². The summed E-state index contributed by atoms with van der Waals surface area (Å²) in [5, 5.41) is 12.9. The molecule has 2 N–H and O–H groups in total. The molecule has 0 atom stereocenters. The molecule has 3 heteroatoms. The van der Waals surface area contributed by atoms with Gasteiger partial charge < -0.3 is 15.3 Å². The Labute approximate surface area is 81.1 Å². The minimum absolute atomic E-state index is 0.403. The molecule has 0 aromatic rings. The van der Waals surface area contributed by atoms with Crippen LogP contribution in [-0.4, -0.2) is 48.8 Å². The van der Waals surface area contributed by atoms with E-state index in [0.717, 1.165) is 39.0 Å². The number of aliphatic hydroxyl groups is 1. The molecular weight excluding hydrogens is 164 g/mol. The van der Waals surface area contributed by atoms with Crippen LogP contribution in [0.2, 0.25) is 0 Å². The molecule has 1 saturated heterocycles. The fourth-order valence-corrected chi connectivity index (χ4v) is 1.74. The van der Waals surface area contributed by atoms with Crippen LogP contribution in [0, 0.1) is 0 Å². The summed E-state index contributed by atoms with van der Waals surface area (Å²) in [6, 6.07) is 0. The summed E-state index contributed by atoms with van der Waals surface area (Å²) in [6.07, 6.45) is 3.05. The smallest absolute Gasteiger partial charge is 0.0644 e. The Morgan fingerprint density at radius 2 is 2.00 bits per heavy atom. The molecule has 0 spiro atoms. The van der Waals surface area contributed by atoms with E-state index in [1.165, 1.54) is 6.42 Å². The van der Waals surface area contributed by atoms with Crippen molar-refractivity contribution in [3.8, 4) is 0 Å². The lowest BCUT2D eigenvalue weighted by Crippen LogP contribution is -2.43. The van der Waals surface area contributed by atoms with Crippen LogP contribution >= 0.6 is 0 Å². The number of nitrogens with one attached hydrogen (secondary N) is 1. The first-order valence-corrected chi connectivity index (χ1v) is 5.23. The molecular formula is C10H22N2O. The Kier molecular flexibility index (Phi) is 4.16. The molecule has 0 amide bonds. The van der Waals surface area contributed by atoms with Crippen molar-refractivity contribution in [3.63, 3.8) is 0 Å². The molecule has 78 valence electrons. The quantitative estimate of drug-likeness (QED) is 0.626. The third-order valence-corrected chi connectivity index (χ3v) is 2.83. The van der Waals surface area contributed by atoms with Gasteiger partial charge in [-0.2, -0.15) is 0 Å². The summed E-state index contributed by atoms with van der Waals surface area (Å²) in [7, 11) is 1.99. The topological polar surface area (TPSA) is 35.5 Å². The van der Waals surface area contributed by atoms with E-state index < -0.39 is 5.60 Å². The van der Waals surface area contributed by atoms with E-state index in [9.17, 15) is 5.11 Å². The van der Waals surface area contributed by atoms with E-state index in [4.69, 9.17) is 0 Å². The zero-order valence-corrected chi connectivity index (χ0v) is 8.84. The van der Waals surface area contributed by atoms with Gasteiger partial charge in [-0.3, -0.25) is 0 Å². The first-order chi connectivity index (χ1) is 6.14. The Bertz CT molecular complexity index is 138. The minimum atomic E-state index is -0.403. The molecule has 0 unspecified atom stereocenters. The SMILES string of the molecule is CNCCCN1CCC(C)(O)CC1. The molecule has 0 bridgehead atoms. The number of piperidine rings is 1. The summed E-state index contributed by atoms with van der Waals surface area (Å²) < 4.78 is 0. The van der Waals surface area contributed by atoms with Gasteiger partial charge in [0.1, 0.15) is 0 Å². The van der Waals surface area contributed by atoms with Crippen molar-refractivity contribution in [2.75, 3.05) is 33.2 Å². The van der Waals surface area contributed by atoms with Crippen LogP contribution in [0.5, 0.6) is 0 Å². The lowest BCUT2D eigenvalue weighted by molar-refractivity contribution is -0.00535. The summed E-state index contributed by atoms with van der Waals surface area (Å²) >= 11 is 0. The minimum Gasteiger partial charge on any atom is -0.390 e. The number of likely N-dealkylation sites (tertiary alicyclic amines) is 1. The predicted molar refractivity (Wildman–Crippen MR) is 54.8 cm³/mol. The maximum atomic E-state index is 9.72. The van der Waals surface area contributed by atoms with E-state index in [1.54, 1.807) is 0 Å². The highest BCUT2D eigenvalue weighted by molar-refractivity contribution is 4.81. The lowest BCUT2D eigenvalue weighted by Gasteiger charge is -2.35. The molecule has 13 heavy (non-hydrogen) atoms. The fourth-order valence-electron chi connectivity index (χ4n) is 1.74. The third-order valence-electron chi connectivity index (χ3n) is 2.83. The van der Waals surface area contributed by atoms with Gasteiger partial charge in [-0.1, -0.05) is 0 Å². The van der Waals surface area contributed by atoms with Crippen molar-refractivity contribution in [1.82, 2.24) is 10.2 Å². The van der Waals surface area contributed by atoms with Crippen LogP contribution in [0.4, 0.5) is 0 Å². The highest BCUT2D eigenvalue weighted by Gasteiger charge is 2.26. The largest absolute Gasteiger partial charge is 0.390 e. The Morgan fingerprint density at radius 1 is 1.38 bits per heavy atom. The molecule has 1 fully saturated rings. The van der Waals surface area contributed by atoms with E-state index in [-0.39, 0.29) is 0 Å². The summed E-state index contributed by atoms with van der Waals surface area (Å²) in [5.74, 6) is 0. The van der Waals surface area contributed by atoms with Crippen molar-refractivity contribution in [3.05, 3.63) is 0 Å². The zero-order valence-electron chi connectivity index (χ0n) is 8.84. The fraction of sp³-hybridized carbons (Fsp3) is 1.00. The molecule has 0 aliphatic carbocycles. The normalized spacial score (nSPS) is 23.3. The molecule has 1 heterocycles. The Hall–Kier alpha value is -0.120. The second kappa shape index (κ2) is 4.94. The highest BCUT2D eigenvalue weighted by Crippen LogP contribution is 2.20. The van der Waals surface area contributed by atoms with Gasteiger partial charge in [0.05, 0.1) is 5.60 Å². The van der Waals surface area contributed by atoms with Crippen molar-refractivity contribution < 1.29 is 5.11 Å². The molecule has 3 nitrogen and oxygen atoms in total. The molecule has 0 saturated carbocycles. The van der Waals surface area contributed by atoms with Crippen molar-refractivity contribution in [1.29, 1.82) is 0 Å². The van der Waals surface area contributed by atoms with Gasteiger partial charge in [0, 0.05) is 13.1 Å². The summed E-state index contributed by atoms with van der Waals surface area (Å²) in [6.45, 7) is 6.30. The first kappa shape index (κ1) is 11.0. The maximum Gasteiger partial charge on any atom is 0.0644 e. The molecule has 0 aromatic heterocycles. The van der Waals surface area contributed by atoms with Crippen molar-refractivity contribution in [2.45, 2.75) is 31.8 Å². The number of nitrogens with zero attached hydrogens (tertiary/aromatic N) is 1. The number of hydrogen-bond acceptors (Lipinski definition) is 3. The Morgan fingerprint density at radius 3 is 2.54 bits per heavy atom. The van der Waals surface area contributed by atoms with Gasteiger partial charge in [-0.25, -0.2) is 0 Å². The molecule has 0 aromatic carbocycles. The van der Waals surface area contributed by atoms with Gasteiger partial charge in [0.2, 0.25) is 0 Å². The van der Waals surface area contributed by atoms with Gasteiger partial charge in [-0.05, 0) is 46.3 Å². The highest BCUT2D eigenvalue weighted by atomic mass is 16.3. The molecule has 1 rings (SSSR count). The van der Waals surface area contributed by atoms with Crippen molar-refractivity contribution in [2.24, 2.45) is 0 Å². The maximum absolute atomic E-state index is 9.72. The van der Waals surface area contributed by atoms with Gasteiger partial charge in [0.15, 0.2) is 0 Å². The van der Waals surface area contributed by atoms with E-state index in [2.05, 4.69) is 10.2 Å². The Balaban J connectivity index is 2.11. The zero-order chi connectivity index (χ0) is 9.73. The van der Waals surface area contributed by atoms with Gasteiger partial charge in [0.25, 0.3) is 0 Å². The molecule has 1 aliphatic rings. The van der Waals surface area contributed by atoms with Crippen LogP contribution in [0.1, 0.15) is 26.2 Å². The number of rotatable bonds is 4. The monoisotopic (exact) mass is 186 g/mol. The van der Waals surface area contributed by atoms with Crippen molar-refractivity contribution >= 4 is 0 Å². The third kappa shape index (κ3) is 4.07. The van der Waals surface area contributed by atoms with Crippen LogP contribution in [0.3, 0.4) is 0 Å². The van der Waals surface area contributed by atoms with Crippen LogP contribution < -0.4 is 5.32 Å².